The number of nitrogens with one attached hydrogen (secondary N) is 1. The van der Waals surface area contributed by atoms with Gasteiger partial charge in [-0.1, -0.05) is 19.9 Å². The van der Waals surface area contributed by atoms with Gasteiger partial charge in [-0.3, -0.25) is 4.79 Å². The maximum Gasteiger partial charge on any atom is 0.224 e. The minimum atomic E-state index is -0.557. The first kappa shape index (κ1) is 15.1. The summed E-state index contributed by atoms with van der Waals surface area (Å²) in [4.78, 5) is 12.5. The monoisotopic (exact) mass is 321 g/mol. The van der Waals surface area contributed by atoms with E-state index in [1.807, 2.05) is 0 Å². The van der Waals surface area contributed by atoms with Crippen LogP contribution in [-0.4, -0.2) is 24.7 Å². The second-order valence-electron chi connectivity index (χ2n) is 7.64. The van der Waals surface area contributed by atoms with Gasteiger partial charge < -0.3 is 10.1 Å². The number of halogens is 2. The van der Waals surface area contributed by atoms with E-state index in [0.29, 0.717) is 12.3 Å². The highest BCUT2D eigenvalue weighted by atomic mass is 19.1. The summed E-state index contributed by atoms with van der Waals surface area (Å²) >= 11 is 0. The Bertz CT molecular complexity index is 640. The van der Waals surface area contributed by atoms with E-state index < -0.39 is 11.6 Å². The molecule has 0 bridgehead atoms. The third-order valence-electron chi connectivity index (χ3n) is 5.90. The predicted octanol–water partition coefficient (Wildman–Crippen LogP) is 3.00. The molecular weight excluding hydrogens is 300 g/mol. The summed E-state index contributed by atoms with van der Waals surface area (Å²) in [5.74, 6) is -1.48. The van der Waals surface area contributed by atoms with Crippen LogP contribution in [0.15, 0.2) is 18.2 Å². The molecule has 5 heteroatoms. The lowest BCUT2D eigenvalue weighted by Crippen LogP contribution is -2.66. The Kier molecular flexibility index (Phi) is 3.28. The SMILES string of the molecule is CC1(C)C(NC(=O)C2CC2c2c(F)cccc2F)C2CCOC21. The summed E-state index contributed by atoms with van der Waals surface area (Å²) in [5.41, 5.74) is -0.0209. The van der Waals surface area contributed by atoms with Crippen molar-refractivity contribution in [2.45, 2.75) is 44.8 Å². The van der Waals surface area contributed by atoms with Crippen LogP contribution in [0.5, 0.6) is 0 Å². The molecule has 1 aromatic rings. The fourth-order valence-corrected chi connectivity index (χ4v) is 4.55. The Morgan fingerprint density at radius 1 is 1.30 bits per heavy atom. The van der Waals surface area contributed by atoms with Crippen molar-refractivity contribution in [2.75, 3.05) is 6.61 Å². The standard InChI is InChI=1S/C18H21F2NO2/c1-18(2)15(9-6-7-23-16(9)18)21-17(22)11-8-10(11)14-12(19)4-3-5-13(14)20/h3-5,9-11,15-16H,6-8H2,1-2H3,(H,21,22). The third kappa shape index (κ3) is 2.20. The normalized spacial score (nSPS) is 37.0. The molecule has 23 heavy (non-hydrogen) atoms. The Morgan fingerprint density at radius 3 is 2.70 bits per heavy atom. The number of carbonyl (C=O) groups is 1. The van der Waals surface area contributed by atoms with Crippen LogP contribution >= 0.6 is 0 Å². The van der Waals surface area contributed by atoms with E-state index in [1.165, 1.54) is 18.2 Å². The summed E-state index contributed by atoms with van der Waals surface area (Å²) in [7, 11) is 0. The van der Waals surface area contributed by atoms with E-state index in [-0.39, 0.29) is 40.9 Å². The maximum absolute atomic E-state index is 13.8. The minimum Gasteiger partial charge on any atom is -0.377 e. The molecule has 1 heterocycles. The van der Waals surface area contributed by atoms with E-state index in [2.05, 4.69) is 19.2 Å². The van der Waals surface area contributed by atoms with E-state index in [0.717, 1.165) is 13.0 Å². The van der Waals surface area contributed by atoms with Crippen LogP contribution < -0.4 is 5.32 Å². The lowest BCUT2D eigenvalue weighted by molar-refractivity contribution is -0.138. The largest absolute Gasteiger partial charge is 0.377 e. The van der Waals surface area contributed by atoms with E-state index in [1.54, 1.807) is 0 Å². The first-order valence-electron chi connectivity index (χ1n) is 8.27. The number of ether oxygens (including phenoxy) is 1. The summed E-state index contributed by atoms with van der Waals surface area (Å²) in [6.45, 7) is 4.95. The van der Waals surface area contributed by atoms with Gasteiger partial charge in [0.05, 0.1) is 6.10 Å². The Balaban J connectivity index is 1.44. The summed E-state index contributed by atoms with van der Waals surface area (Å²) in [6, 6.07) is 3.94. The van der Waals surface area contributed by atoms with E-state index in [4.69, 9.17) is 4.74 Å². The van der Waals surface area contributed by atoms with Crippen molar-refractivity contribution in [3.05, 3.63) is 35.4 Å². The topological polar surface area (TPSA) is 38.3 Å². The summed E-state index contributed by atoms with van der Waals surface area (Å²) in [5, 5.41) is 3.11. The lowest BCUT2D eigenvalue weighted by Gasteiger charge is -2.54. The zero-order chi connectivity index (χ0) is 16.4. The van der Waals surface area contributed by atoms with Crippen LogP contribution in [-0.2, 0) is 9.53 Å². The van der Waals surface area contributed by atoms with Gasteiger partial charge in [-0.15, -0.1) is 0 Å². The molecule has 2 saturated carbocycles. The predicted molar refractivity (Wildman–Crippen MR) is 80.8 cm³/mol. The quantitative estimate of drug-likeness (QED) is 0.929. The number of fused-ring (bicyclic) bond motifs is 1. The van der Waals surface area contributed by atoms with Crippen LogP contribution in [0.1, 0.15) is 38.2 Å². The van der Waals surface area contributed by atoms with Gasteiger partial charge in [0, 0.05) is 41.4 Å². The van der Waals surface area contributed by atoms with Gasteiger partial charge in [-0.05, 0) is 25.0 Å². The fourth-order valence-electron chi connectivity index (χ4n) is 4.55. The highest BCUT2D eigenvalue weighted by Gasteiger charge is 2.60. The molecule has 3 nitrogen and oxygen atoms in total. The molecule has 1 aromatic carbocycles. The van der Waals surface area contributed by atoms with Gasteiger partial charge >= 0.3 is 0 Å². The Hall–Kier alpha value is -1.49. The fraction of sp³-hybridized carbons (Fsp3) is 0.611. The molecule has 1 N–H and O–H groups in total. The van der Waals surface area contributed by atoms with Gasteiger partial charge in [0.25, 0.3) is 0 Å². The average Bonchev–Trinajstić information content (AvgIpc) is 3.13. The van der Waals surface area contributed by atoms with Crippen molar-refractivity contribution >= 4 is 5.91 Å². The molecule has 2 aliphatic carbocycles. The van der Waals surface area contributed by atoms with Crippen LogP contribution in [0, 0.1) is 28.9 Å². The van der Waals surface area contributed by atoms with Crippen molar-refractivity contribution in [1.29, 1.82) is 0 Å². The molecule has 1 saturated heterocycles. The lowest BCUT2D eigenvalue weighted by atomic mass is 9.57. The molecule has 1 amide bonds. The molecule has 0 aromatic heterocycles. The third-order valence-corrected chi connectivity index (χ3v) is 5.90. The summed E-state index contributed by atoms with van der Waals surface area (Å²) in [6.07, 6.45) is 1.70. The highest BCUT2D eigenvalue weighted by molar-refractivity contribution is 5.83. The molecule has 3 fully saturated rings. The van der Waals surface area contributed by atoms with E-state index >= 15 is 0 Å². The molecule has 4 rings (SSSR count). The van der Waals surface area contributed by atoms with Gasteiger partial charge in [0.1, 0.15) is 11.6 Å². The van der Waals surface area contributed by atoms with Gasteiger partial charge in [-0.2, -0.15) is 0 Å². The van der Waals surface area contributed by atoms with Gasteiger partial charge in [-0.25, -0.2) is 8.78 Å². The van der Waals surface area contributed by atoms with Crippen LogP contribution in [0.4, 0.5) is 8.78 Å². The minimum absolute atomic E-state index is 0.0580. The number of hydrogen-bond acceptors (Lipinski definition) is 2. The number of amides is 1. The first-order chi connectivity index (χ1) is 10.9. The van der Waals surface area contributed by atoms with Crippen LogP contribution in [0.25, 0.3) is 0 Å². The molecule has 1 aliphatic heterocycles. The van der Waals surface area contributed by atoms with Crippen molar-refractivity contribution in [1.82, 2.24) is 5.32 Å². The molecule has 3 aliphatic rings. The Labute approximate surface area is 134 Å². The number of rotatable bonds is 3. The highest BCUT2D eigenvalue weighted by Crippen LogP contribution is 2.54. The van der Waals surface area contributed by atoms with Gasteiger partial charge in [0.15, 0.2) is 0 Å². The molecule has 124 valence electrons. The summed E-state index contributed by atoms with van der Waals surface area (Å²) < 4.78 is 33.4. The Morgan fingerprint density at radius 2 is 2.00 bits per heavy atom. The smallest absolute Gasteiger partial charge is 0.224 e. The molecule has 0 spiro atoms. The van der Waals surface area contributed by atoms with E-state index in [9.17, 15) is 13.6 Å². The van der Waals surface area contributed by atoms with Crippen molar-refractivity contribution in [2.24, 2.45) is 17.3 Å². The van der Waals surface area contributed by atoms with Crippen LogP contribution in [0.2, 0.25) is 0 Å². The maximum atomic E-state index is 13.8. The van der Waals surface area contributed by atoms with Gasteiger partial charge in [0.2, 0.25) is 5.91 Å². The van der Waals surface area contributed by atoms with Crippen molar-refractivity contribution in [3.63, 3.8) is 0 Å². The molecule has 5 unspecified atom stereocenters. The second-order valence-corrected chi connectivity index (χ2v) is 7.64. The van der Waals surface area contributed by atoms with Crippen LogP contribution in [0.3, 0.4) is 0 Å². The zero-order valence-electron chi connectivity index (χ0n) is 13.3. The number of carbonyl (C=O) groups excluding carboxylic acids is 1. The first-order valence-corrected chi connectivity index (χ1v) is 8.27. The van der Waals surface area contributed by atoms with Crippen molar-refractivity contribution in [3.8, 4) is 0 Å². The molecule has 0 radical (unpaired) electrons. The second kappa shape index (κ2) is 5.00. The molecular formula is C18H21F2NO2. The number of hydrogen-bond donors (Lipinski definition) is 1. The zero-order valence-corrected chi connectivity index (χ0v) is 13.3. The average molecular weight is 321 g/mol. The molecule has 5 atom stereocenters. The van der Waals surface area contributed by atoms with Crippen molar-refractivity contribution < 1.29 is 18.3 Å². The number of benzene rings is 1.